The Morgan fingerprint density at radius 3 is 2.44 bits per heavy atom. The second-order valence-corrected chi connectivity index (χ2v) is 4.08. The SMILES string of the molecule is CC/C(C=C(N)N)=C(/N)c1ccc(C#N)cc1C. The van der Waals surface area contributed by atoms with Gasteiger partial charge in [-0.2, -0.15) is 5.26 Å². The first-order valence-electron chi connectivity index (χ1n) is 5.72. The van der Waals surface area contributed by atoms with Gasteiger partial charge in [-0.1, -0.05) is 13.0 Å². The first-order valence-corrected chi connectivity index (χ1v) is 5.72. The molecule has 18 heavy (non-hydrogen) atoms. The Morgan fingerprint density at radius 2 is 2.00 bits per heavy atom. The molecular weight excluding hydrogens is 224 g/mol. The third-order valence-corrected chi connectivity index (χ3v) is 2.71. The average molecular weight is 242 g/mol. The van der Waals surface area contributed by atoms with Crippen LogP contribution < -0.4 is 17.2 Å². The van der Waals surface area contributed by atoms with E-state index in [4.69, 9.17) is 22.5 Å². The Morgan fingerprint density at radius 1 is 1.33 bits per heavy atom. The molecule has 4 heteroatoms. The molecule has 4 nitrogen and oxygen atoms in total. The first-order chi connectivity index (χ1) is 8.49. The third-order valence-electron chi connectivity index (χ3n) is 2.71. The van der Waals surface area contributed by atoms with Crippen LogP contribution in [0.1, 0.15) is 30.0 Å². The van der Waals surface area contributed by atoms with E-state index in [1.165, 1.54) is 0 Å². The number of nitrogens with zero attached hydrogens (tertiary/aromatic N) is 1. The van der Waals surface area contributed by atoms with Gasteiger partial charge in [0.25, 0.3) is 0 Å². The summed E-state index contributed by atoms with van der Waals surface area (Å²) < 4.78 is 0. The molecule has 0 radical (unpaired) electrons. The largest absolute Gasteiger partial charge is 0.398 e. The second-order valence-electron chi connectivity index (χ2n) is 4.08. The molecule has 0 aliphatic rings. The highest BCUT2D eigenvalue weighted by molar-refractivity contribution is 5.71. The Bertz CT molecular complexity index is 543. The molecule has 0 fully saturated rings. The number of aryl methyl sites for hydroxylation is 1. The molecular formula is C14H18N4. The number of hydrogen-bond donors (Lipinski definition) is 3. The standard InChI is InChI=1S/C14H18N4/c1-3-11(7-13(16)17)14(18)12-5-4-10(8-15)6-9(12)2/h4-7H,3,16-18H2,1-2H3/b14-11-. The highest BCUT2D eigenvalue weighted by Gasteiger charge is 2.06. The van der Waals surface area contributed by atoms with Gasteiger partial charge in [-0.15, -0.1) is 0 Å². The van der Waals surface area contributed by atoms with E-state index in [9.17, 15) is 0 Å². The average Bonchev–Trinajstić information content (AvgIpc) is 2.34. The maximum Gasteiger partial charge on any atom is 0.0991 e. The first kappa shape index (κ1) is 13.7. The minimum Gasteiger partial charge on any atom is -0.398 e. The molecule has 0 bridgehead atoms. The van der Waals surface area contributed by atoms with Gasteiger partial charge in [0.1, 0.15) is 0 Å². The number of hydrogen-bond acceptors (Lipinski definition) is 4. The van der Waals surface area contributed by atoms with Crippen molar-refractivity contribution < 1.29 is 0 Å². The summed E-state index contributed by atoms with van der Waals surface area (Å²) in [4.78, 5) is 0. The molecule has 0 aliphatic heterocycles. The van der Waals surface area contributed by atoms with Gasteiger partial charge < -0.3 is 17.2 Å². The van der Waals surface area contributed by atoms with Gasteiger partial charge in [0.05, 0.1) is 17.5 Å². The number of benzene rings is 1. The third kappa shape index (κ3) is 3.05. The van der Waals surface area contributed by atoms with Gasteiger partial charge in [0.15, 0.2) is 0 Å². The quantitative estimate of drug-likeness (QED) is 0.702. The van der Waals surface area contributed by atoms with Gasteiger partial charge >= 0.3 is 0 Å². The van der Waals surface area contributed by atoms with Crippen molar-refractivity contribution in [2.24, 2.45) is 17.2 Å². The van der Waals surface area contributed by atoms with Crippen molar-refractivity contribution in [2.75, 3.05) is 0 Å². The molecule has 0 spiro atoms. The van der Waals surface area contributed by atoms with E-state index in [1.54, 1.807) is 12.1 Å². The minimum atomic E-state index is 0.237. The Kier molecular flexibility index (Phi) is 4.39. The summed E-state index contributed by atoms with van der Waals surface area (Å²) >= 11 is 0. The van der Waals surface area contributed by atoms with Gasteiger partial charge in [0, 0.05) is 11.3 Å². The van der Waals surface area contributed by atoms with Crippen molar-refractivity contribution in [1.82, 2.24) is 0 Å². The summed E-state index contributed by atoms with van der Waals surface area (Å²) in [6.45, 7) is 3.91. The molecule has 0 unspecified atom stereocenters. The lowest BCUT2D eigenvalue weighted by Crippen LogP contribution is -2.10. The number of nitriles is 1. The van der Waals surface area contributed by atoms with Gasteiger partial charge in [-0.3, -0.25) is 0 Å². The molecule has 0 amide bonds. The molecule has 1 aromatic rings. The summed E-state index contributed by atoms with van der Waals surface area (Å²) in [6.07, 6.45) is 2.41. The lowest BCUT2D eigenvalue weighted by molar-refractivity contribution is 1.11. The molecule has 0 aliphatic carbocycles. The van der Waals surface area contributed by atoms with Crippen LogP contribution in [0.15, 0.2) is 35.7 Å². The Balaban J connectivity index is 3.33. The predicted octanol–water partition coefficient (Wildman–Crippen LogP) is 1.71. The van der Waals surface area contributed by atoms with E-state index >= 15 is 0 Å². The van der Waals surface area contributed by atoms with Crippen LogP contribution in [0.2, 0.25) is 0 Å². The van der Waals surface area contributed by atoms with E-state index in [0.29, 0.717) is 11.3 Å². The van der Waals surface area contributed by atoms with Crippen molar-refractivity contribution in [3.63, 3.8) is 0 Å². The number of rotatable bonds is 3. The van der Waals surface area contributed by atoms with E-state index < -0.39 is 0 Å². The van der Waals surface area contributed by atoms with Crippen molar-refractivity contribution in [3.8, 4) is 6.07 Å². The zero-order valence-corrected chi connectivity index (χ0v) is 10.7. The van der Waals surface area contributed by atoms with E-state index in [-0.39, 0.29) is 5.82 Å². The zero-order valence-electron chi connectivity index (χ0n) is 10.7. The maximum absolute atomic E-state index is 8.83. The van der Waals surface area contributed by atoms with Crippen molar-refractivity contribution in [2.45, 2.75) is 20.3 Å². The second kappa shape index (κ2) is 5.78. The lowest BCUT2D eigenvalue weighted by atomic mass is 9.99. The van der Waals surface area contributed by atoms with Crippen LogP contribution in [0.25, 0.3) is 5.70 Å². The smallest absolute Gasteiger partial charge is 0.0991 e. The molecule has 0 saturated carbocycles. The fourth-order valence-corrected chi connectivity index (χ4v) is 1.78. The summed E-state index contributed by atoms with van der Waals surface area (Å²) in [5.74, 6) is 0.237. The van der Waals surface area contributed by atoms with Crippen LogP contribution in [0.3, 0.4) is 0 Å². The van der Waals surface area contributed by atoms with Gasteiger partial charge in [0.2, 0.25) is 0 Å². The summed E-state index contributed by atoms with van der Waals surface area (Å²) in [5.41, 5.74) is 21.1. The lowest BCUT2D eigenvalue weighted by Gasteiger charge is -2.10. The molecule has 0 atom stereocenters. The van der Waals surface area contributed by atoms with Crippen molar-refractivity contribution in [3.05, 3.63) is 52.4 Å². The Hall–Kier alpha value is -2.41. The number of allylic oxidation sites excluding steroid dienone is 2. The predicted molar refractivity (Wildman–Crippen MR) is 73.8 cm³/mol. The molecule has 94 valence electrons. The molecule has 0 heterocycles. The van der Waals surface area contributed by atoms with Crippen LogP contribution in [0, 0.1) is 18.3 Å². The molecule has 0 aromatic heterocycles. The van der Waals surface area contributed by atoms with Crippen LogP contribution in [-0.4, -0.2) is 0 Å². The van der Waals surface area contributed by atoms with E-state index in [1.807, 2.05) is 26.0 Å². The molecule has 0 saturated heterocycles. The monoisotopic (exact) mass is 242 g/mol. The van der Waals surface area contributed by atoms with Crippen LogP contribution in [0.4, 0.5) is 0 Å². The summed E-state index contributed by atoms with van der Waals surface area (Å²) in [6, 6.07) is 7.51. The van der Waals surface area contributed by atoms with Crippen molar-refractivity contribution in [1.29, 1.82) is 5.26 Å². The maximum atomic E-state index is 8.83. The van der Waals surface area contributed by atoms with E-state index in [2.05, 4.69) is 6.07 Å². The molecule has 1 rings (SSSR count). The highest BCUT2D eigenvalue weighted by atomic mass is 14.8. The fraction of sp³-hybridized carbons (Fsp3) is 0.214. The topological polar surface area (TPSA) is 102 Å². The number of nitrogens with two attached hydrogens (primary N) is 3. The van der Waals surface area contributed by atoms with Gasteiger partial charge in [-0.25, -0.2) is 0 Å². The van der Waals surface area contributed by atoms with Crippen LogP contribution in [-0.2, 0) is 0 Å². The minimum absolute atomic E-state index is 0.237. The molecule has 1 aromatic carbocycles. The normalized spacial score (nSPS) is 11.4. The fourth-order valence-electron chi connectivity index (χ4n) is 1.78. The van der Waals surface area contributed by atoms with E-state index in [0.717, 1.165) is 23.1 Å². The van der Waals surface area contributed by atoms with Crippen LogP contribution >= 0.6 is 0 Å². The summed E-state index contributed by atoms with van der Waals surface area (Å²) in [5, 5.41) is 8.83. The van der Waals surface area contributed by atoms with Gasteiger partial charge in [-0.05, 0) is 42.7 Å². The highest BCUT2D eigenvalue weighted by Crippen LogP contribution is 2.21. The summed E-state index contributed by atoms with van der Waals surface area (Å²) in [7, 11) is 0. The van der Waals surface area contributed by atoms with Crippen LogP contribution in [0.5, 0.6) is 0 Å². The molecule has 6 N–H and O–H groups in total. The van der Waals surface area contributed by atoms with Crippen molar-refractivity contribution >= 4 is 5.70 Å². The zero-order chi connectivity index (χ0) is 13.7. The Labute approximate surface area is 107 Å².